The molecule has 1 aliphatic rings. The molecule has 0 heterocycles. The van der Waals surface area contributed by atoms with Crippen molar-refractivity contribution in [1.29, 1.82) is 0 Å². The van der Waals surface area contributed by atoms with Gasteiger partial charge in [0, 0.05) is 0 Å². The lowest BCUT2D eigenvalue weighted by Gasteiger charge is -2.29. The van der Waals surface area contributed by atoms with E-state index in [1.54, 1.807) is 60.7 Å². The standard InChI is InChI=1S/C20H21O4P/c1-20(2)14-13-18(21)19(15-20)25(22,23-16-9-5-3-6-10-16)24-17-11-7-4-8-12-17/h3-13,15,21H,14H2,1-2H3. The summed E-state index contributed by atoms with van der Waals surface area (Å²) in [5.41, 5.74) is -0.253. The van der Waals surface area contributed by atoms with E-state index in [1.807, 2.05) is 26.0 Å². The third-order valence-electron chi connectivity index (χ3n) is 3.84. The summed E-state index contributed by atoms with van der Waals surface area (Å²) in [6.07, 6.45) is 4.08. The van der Waals surface area contributed by atoms with Crippen molar-refractivity contribution in [1.82, 2.24) is 0 Å². The number of aliphatic hydroxyl groups excluding tert-OH is 1. The van der Waals surface area contributed by atoms with E-state index in [-0.39, 0.29) is 16.5 Å². The van der Waals surface area contributed by atoms with E-state index in [9.17, 15) is 9.67 Å². The Kier molecular flexibility index (Phi) is 4.73. The summed E-state index contributed by atoms with van der Waals surface area (Å²) < 4.78 is 25.2. The molecule has 0 bridgehead atoms. The summed E-state index contributed by atoms with van der Waals surface area (Å²) in [6, 6.07) is 17.7. The lowest BCUT2D eigenvalue weighted by Crippen LogP contribution is -2.16. The zero-order valence-corrected chi connectivity index (χ0v) is 15.1. The molecule has 1 aliphatic carbocycles. The minimum atomic E-state index is -3.83. The molecule has 1 N–H and O–H groups in total. The van der Waals surface area contributed by atoms with Gasteiger partial charge in [-0.15, -0.1) is 0 Å². The maximum Gasteiger partial charge on any atom is 0.466 e. The Balaban J connectivity index is 2.04. The lowest BCUT2D eigenvalue weighted by atomic mass is 9.86. The van der Waals surface area contributed by atoms with Gasteiger partial charge >= 0.3 is 7.60 Å². The smallest absolute Gasteiger partial charge is 0.466 e. The van der Waals surface area contributed by atoms with Crippen molar-refractivity contribution in [3.05, 3.63) is 83.9 Å². The number of aliphatic hydroxyl groups is 1. The number of benzene rings is 2. The van der Waals surface area contributed by atoms with Gasteiger partial charge in [0.1, 0.15) is 22.6 Å². The molecule has 0 radical (unpaired) electrons. The Hall–Kier alpha value is -2.45. The fraction of sp³-hybridized carbons (Fsp3) is 0.200. The van der Waals surface area contributed by atoms with Gasteiger partial charge in [0.2, 0.25) is 0 Å². The highest BCUT2D eigenvalue weighted by Crippen LogP contribution is 2.59. The van der Waals surface area contributed by atoms with Gasteiger partial charge in [0.15, 0.2) is 0 Å². The summed E-state index contributed by atoms with van der Waals surface area (Å²) in [5, 5.41) is 10.5. The van der Waals surface area contributed by atoms with Crippen LogP contribution >= 0.6 is 7.60 Å². The van der Waals surface area contributed by atoms with Gasteiger partial charge in [-0.3, -0.25) is 0 Å². The molecule has 25 heavy (non-hydrogen) atoms. The number of para-hydroxylation sites is 2. The third-order valence-corrected chi connectivity index (χ3v) is 5.69. The van der Waals surface area contributed by atoms with Gasteiger partial charge < -0.3 is 14.2 Å². The number of hydrogen-bond donors (Lipinski definition) is 1. The average molecular weight is 356 g/mol. The molecular formula is C20H21O4P. The average Bonchev–Trinajstić information content (AvgIpc) is 2.59. The first kappa shape index (κ1) is 17.4. The van der Waals surface area contributed by atoms with Crippen LogP contribution in [0.3, 0.4) is 0 Å². The van der Waals surface area contributed by atoms with Gasteiger partial charge in [0.25, 0.3) is 0 Å². The first-order valence-electron chi connectivity index (χ1n) is 8.10. The Morgan fingerprint density at radius 2 is 1.40 bits per heavy atom. The minimum Gasteiger partial charge on any atom is -0.507 e. The molecule has 0 aromatic heterocycles. The van der Waals surface area contributed by atoms with Crippen LogP contribution in [0, 0.1) is 5.41 Å². The van der Waals surface area contributed by atoms with E-state index in [2.05, 4.69) is 0 Å². The van der Waals surface area contributed by atoms with Crippen molar-refractivity contribution in [3.8, 4) is 11.5 Å². The second-order valence-corrected chi connectivity index (χ2v) is 8.46. The number of rotatable bonds is 5. The van der Waals surface area contributed by atoms with E-state index in [1.165, 1.54) is 0 Å². The third kappa shape index (κ3) is 4.15. The second kappa shape index (κ2) is 6.81. The van der Waals surface area contributed by atoms with Crippen LogP contribution in [0.25, 0.3) is 0 Å². The maximum atomic E-state index is 13.7. The molecule has 0 saturated carbocycles. The van der Waals surface area contributed by atoms with Crippen molar-refractivity contribution in [2.45, 2.75) is 20.3 Å². The molecule has 5 heteroatoms. The van der Waals surface area contributed by atoms with Crippen LogP contribution in [0.5, 0.6) is 11.5 Å². The molecule has 0 fully saturated rings. The number of allylic oxidation sites excluding steroid dienone is 3. The summed E-state index contributed by atoms with van der Waals surface area (Å²) in [4.78, 5) is 0. The van der Waals surface area contributed by atoms with Crippen LogP contribution < -0.4 is 9.05 Å². The molecule has 0 saturated heterocycles. The topological polar surface area (TPSA) is 55.8 Å². The lowest BCUT2D eigenvalue weighted by molar-refractivity contribution is 0.366. The molecule has 0 atom stereocenters. The highest BCUT2D eigenvalue weighted by molar-refractivity contribution is 7.59. The first-order valence-corrected chi connectivity index (χ1v) is 9.65. The van der Waals surface area contributed by atoms with Crippen molar-refractivity contribution < 1.29 is 18.7 Å². The summed E-state index contributed by atoms with van der Waals surface area (Å²) in [6.45, 7) is 4.01. The van der Waals surface area contributed by atoms with Crippen LogP contribution in [0.4, 0.5) is 0 Å². The molecule has 4 nitrogen and oxygen atoms in total. The summed E-state index contributed by atoms with van der Waals surface area (Å²) >= 11 is 0. The van der Waals surface area contributed by atoms with Crippen LogP contribution in [0.2, 0.25) is 0 Å². The molecule has 0 aliphatic heterocycles. The largest absolute Gasteiger partial charge is 0.507 e. The van der Waals surface area contributed by atoms with Crippen molar-refractivity contribution in [3.63, 3.8) is 0 Å². The van der Waals surface area contributed by atoms with Gasteiger partial charge in [-0.2, -0.15) is 0 Å². The molecule has 0 spiro atoms. The van der Waals surface area contributed by atoms with E-state index in [0.717, 1.165) is 0 Å². The Morgan fingerprint density at radius 1 is 0.920 bits per heavy atom. The molecule has 0 unspecified atom stereocenters. The molecular weight excluding hydrogens is 335 g/mol. The van der Waals surface area contributed by atoms with Crippen LogP contribution in [-0.4, -0.2) is 5.11 Å². The van der Waals surface area contributed by atoms with Crippen molar-refractivity contribution in [2.75, 3.05) is 0 Å². The van der Waals surface area contributed by atoms with Gasteiger partial charge in [-0.05, 0) is 42.2 Å². The normalized spacial score (nSPS) is 16.6. The Labute approximate surface area is 148 Å². The molecule has 2 aromatic carbocycles. The predicted octanol–water partition coefficient (Wildman–Crippen LogP) is 6.09. The van der Waals surface area contributed by atoms with Gasteiger partial charge in [0.05, 0.1) is 0 Å². The quantitative estimate of drug-likeness (QED) is 0.658. The first-order chi connectivity index (χ1) is 11.9. The summed E-state index contributed by atoms with van der Waals surface area (Å²) in [5.74, 6) is 0.771. The van der Waals surface area contributed by atoms with E-state index in [4.69, 9.17) is 9.05 Å². The summed E-state index contributed by atoms with van der Waals surface area (Å²) in [7, 11) is -3.83. The molecule has 0 amide bonds. The molecule has 3 rings (SSSR count). The number of hydrogen-bond acceptors (Lipinski definition) is 4. The van der Waals surface area contributed by atoms with Crippen LogP contribution in [-0.2, 0) is 4.57 Å². The Morgan fingerprint density at radius 3 is 1.88 bits per heavy atom. The van der Waals surface area contributed by atoms with E-state index < -0.39 is 7.60 Å². The molecule has 130 valence electrons. The fourth-order valence-electron chi connectivity index (χ4n) is 2.54. The highest BCUT2D eigenvalue weighted by Gasteiger charge is 2.40. The van der Waals surface area contributed by atoms with E-state index >= 15 is 0 Å². The van der Waals surface area contributed by atoms with Gasteiger partial charge in [-0.25, -0.2) is 4.57 Å². The van der Waals surface area contributed by atoms with E-state index in [0.29, 0.717) is 17.9 Å². The monoisotopic (exact) mass is 356 g/mol. The molecule has 2 aromatic rings. The Bertz CT molecular complexity index is 793. The second-order valence-electron chi connectivity index (χ2n) is 6.62. The fourth-order valence-corrected chi connectivity index (χ4v) is 4.46. The zero-order valence-electron chi connectivity index (χ0n) is 14.3. The predicted molar refractivity (Wildman–Crippen MR) is 98.9 cm³/mol. The van der Waals surface area contributed by atoms with Gasteiger partial charge in [-0.1, -0.05) is 56.3 Å². The van der Waals surface area contributed by atoms with Crippen molar-refractivity contribution in [2.24, 2.45) is 5.41 Å². The zero-order chi connectivity index (χ0) is 17.9. The highest BCUT2D eigenvalue weighted by atomic mass is 31.2. The SMILES string of the molecule is CC1(C)C=C(P(=O)(Oc2ccccc2)Oc2ccccc2)C(O)=CC1. The maximum absolute atomic E-state index is 13.7. The van der Waals surface area contributed by atoms with Crippen LogP contribution in [0.1, 0.15) is 20.3 Å². The minimum absolute atomic E-state index is 0.0606. The van der Waals surface area contributed by atoms with Crippen LogP contribution in [0.15, 0.2) is 83.9 Å². The van der Waals surface area contributed by atoms with Crippen molar-refractivity contribution >= 4 is 7.60 Å².